The van der Waals surface area contributed by atoms with Crippen molar-refractivity contribution in [2.45, 2.75) is 25.9 Å². The van der Waals surface area contributed by atoms with E-state index in [0.29, 0.717) is 54.4 Å². The molecule has 1 aliphatic rings. The van der Waals surface area contributed by atoms with E-state index in [2.05, 4.69) is 21.5 Å². The smallest absolute Gasteiger partial charge is 0.247 e. The summed E-state index contributed by atoms with van der Waals surface area (Å²) in [6.45, 7) is 6.73. The summed E-state index contributed by atoms with van der Waals surface area (Å²) in [5.41, 5.74) is 10.4. The zero-order valence-corrected chi connectivity index (χ0v) is 21.7. The Bertz CT molecular complexity index is 1720. The second-order valence-electron chi connectivity index (χ2n) is 9.58. The van der Waals surface area contributed by atoms with E-state index in [1.165, 1.54) is 12.4 Å². The predicted octanol–water partition coefficient (Wildman–Crippen LogP) is 3.94. The van der Waals surface area contributed by atoms with Gasteiger partial charge in [-0.3, -0.25) is 4.79 Å². The van der Waals surface area contributed by atoms with Crippen LogP contribution in [0, 0.1) is 6.92 Å². The lowest BCUT2D eigenvalue weighted by Gasteiger charge is -2.31. The largest absolute Gasteiger partial charge is 0.473 e. The molecule has 0 bridgehead atoms. The number of amides is 1. The zero-order chi connectivity index (χ0) is 27.1. The first-order valence-corrected chi connectivity index (χ1v) is 12.7. The number of anilines is 1. The van der Waals surface area contributed by atoms with E-state index in [0.717, 1.165) is 28.0 Å². The summed E-state index contributed by atoms with van der Waals surface area (Å²) in [5, 5.41) is 5.30. The third-order valence-electron chi connectivity index (χ3n) is 7.00. The number of hydrogen-bond donors (Lipinski definition) is 1. The Balaban J connectivity index is 1.27. The van der Waals surface area contributed by atoms with Crippen LogP contribution >= 0.6 is 0 Å². The summed E-state index contributed by atoms with van der Waals surface area (Å²) in [6, 6.07) is 11.6. The van der Waals surface area contributed by atoms with Gasteiger partial charge in [-0.1, -0.05) is 6.58 Å². The van der Waals surface area contributed by atoms with Crippen molar-refractivity contribution in [3.63, 3.8) is 0 Å². The molecule has 5 aromatic rings. The van der Waals surface area contributed by atoms with E-state index in [4.69, 9.17) is 20.3 Å². The first-order chi connectivity index (χ1) is 18.9. The second-order valence-corrected chi connectivity index (χ2v) is 9.58. The average molecular weight is 525 g/mol. The van der Waals surface area contributed by atoms with E-state index >= 15 is 0 Å². The van der Waals surface area contributed by atoms with Crippen molar-refractivity contribution in [3.05, 3.63) is 67.3 Å². The first-order valence-electron chi connectivity index (χ1n) is 12.7. The molecule has 2 aromatic carbocycles. The zero-order valence-electron chi connectivity index (χ0n) is 21.7. The van der Waals surface area contributed by atoms with Gasteiger partial charge in [-0.15, -0.1) is 5.10 Å². The molecule has 11 heteroatoms. The van der Waals surface area contributed by atoms with Gasteiger partial charge in [0.05, 0.1) is 23.0 Å². The van der Waals surface area contributed by atoms with Crippen LogP contribution in [0.3, 0.4) is 0 Å². The maximum atomic E-state index is 11.9. The van der Waals surface area contributed by atoms with Crippen molar-refractivity contribution in [1.29, 1.82) is 0 Å². The standard InChI is InChI=1S/C28H28N8O3/c1-4-24(37)35-11-9-19(10-12-35)39-28-25-26(29)30-15-31-27(25)36(33-28)18-5-8-23(17(2)13-18)38-20-6-7-22-21(14-20)32-16-34(22)3/h4-8,13-16,19H,1,9-12H2,2-3H3,(H2,29,30,31). The van der Waals surface area contributed by atoms with E-state index in [9.17, 15) is 4.79 Å². The third-order valence-corrected chi connectivity index (χ3v) is 7.00. The quantitative estimate of drug-likeness (QED) is 0.331. The summed E-state index contributed by atoms with van der Waals surface area (Å²) >= 11 is 0. The minimum Gasteiger partial charge on any atom is -0.473 e. The molecule has 11 nitrogen and oxygen atoms in total. The molecule has 1 aliphatic heterocycles. The predicted molar refractivity (Wildman–Crippen MR) is 147 cm³/mol. The lowest BCUT2D eigenvalue weighted by Crippen LogP contribution is -2.41. The Labute approximate surface area is 224 Å². The van der Waals surface area contributed by atoms with Crippen LogP contribution in [0.25, 0.3) is 27.8 Å². The summed E-state index contributed by atoms with van der Waals surface area (Å²) in [4.78, 5) is 26.7. The second kappa shape index (κ2) is 9.75. The van der Waals surface area contributed by atoms with Gasteiger partial charge in [0.1, 0.15) is 35.1 Å². The molecular formula is C28H28N8O3. The number of nitrogen functional groups attached to an aromatic ring is 1. The van der Waals surface area contributed by atoms with Crippen LogP contribution < -0.4 is 15.2 Å². The minimum atomic E-state index is -0.112. The molecule has 6 rings (SSSR count). The monoisotopic (exact) mass is 524 g/mol. The van der Waals surface area contributed by atoms with Crippen molar-refractivity contribution < 1.29 is 14.3 Å². The van der Waals surface area contributed by atoms with Crippen molar-refractivity contribution in [2.24, 2.45) is 7.05 Å². The highest BCUT2D eigenvalue weighted by atomic mass is 16.5. The lowest BCUT2D eigenvalue weighted by atomic mass is 10.1. The molecule has 0 unspecified atom stereocenters. The van der Waals surface area contributed by atoms with Gasteiger partial charge in [0, 0.05) is 39.0 Å². The Morgan fingerprint density at radius 1 is 1.13 bits per heavy atom. The fourth-order valence-electron chi connectivity index (χ4n) is 4.87. The van der Waals surface area contributed by atoms with E-state index in [-0.39, 0.29) is 12.0 Å². The van der Waals surface area contributed by atoms with E-state index in [1.807, 2.05) is 54.9 Å². The van der Waals surface area contributed by atoms with Crippen LogP contribution in [0.4, 0.5) is 5.82 Å². The summed E-state index contributed by atoms with van der Waals surface area (Å²) in [6.07, 6.45) is 5.78. The molecule has 1 amide bonds. The number of piperidine rings is 1. The molecule has 0 spiro atoms. The lowest BCUT2D eigenvalue weighted by molar-refractivity contribution is -0.127. The summed E-state index contributed by atoms with van der Waals surface area (Å²) in [5.74, 6) is 2.02. The molecule has 39 heavy (non-hydrogen) atoms. The number of carbonyl (C=O) groups excluding carboxylic acids is 1. The Kier molecular flexibility index (Phi) is 6.10. The van der Waals surface area contributed by atoms with Crippen LogP contribution in [0.2, 0.25) is 0 Å². The van der Waals surface area contributed by atoms with Crippen molar-refractivity contribution in [2.75, 3.05) is 18.8 Å². The molecule has 0 radical (unpaired) electrons. The van der Waals surface area contributed by atoms with Gasteiger partial charge in [0.25, 0.3) is 0 Å². The van der Waals surface area contributed by atoms with Gasteiger partial charge in [0.15, 0.2) is 5.65 Å². The Hall–Kier alpha value is -4.93. The molecule has 1 saturated heterocycles. The highest BCUT2D eigenvalue weighted by Crippen LogP contribution is 2.33. The number of fused-ring (bicyclic) bond motifs is 2. The number of nitrogens with two attached hydrogens (primary N) is 1. The Morgan fingerprint density at radius 2 is 1.95 bits per heavy atom. The number of ether oxygens (including phenoxy) is 2. The first kappa shape index (κ1) is 24.4. The number of aryl methyl sites for hydroxylation is 2. The minimum absolute atomic E-state index is 0.0686. The number of likely N-dealkylation sites (tertiary alicyclic amines) is 1. The van der Waals surface area contributed by atoms with Gasteiger partial charge < -0.3 is 24.7 Å². The molecule has 1 fully saturated rings. The molecule has 4 heterocycles. The number of hydrogen-bond acceptors (Lipinski definition) is 8. The van der Waals surface area contributed by atoms with Crippen LogP contribution in [0.15, 0.2) is 61.7 Å². The fraction of sp³-hybridized carbons (Fsp3) is 0.250. The number of benzene rings is 2. The SMILES string of the molecule is C=CC(=O)N1CCC(Oc2nn(-c3ccc(Oc4ccc5c(c4)ncn5C)c(C)c3)c3ncnc(N)c23)CC1. The molecule has 3 aromatic heterocycles. The highest BCUT2D eigenvalue weighted by molar-refractivity contribution is 5.91. The molecule has 0 aliphatic carbocycles. The summed E-state index contributed by atoms with van der Waals surface area (Å²) in [7, 11) is 1.96. The van der Waals surface area contributed by atoms with Gasteiger partial charge >= 0.3 is 0 Å². The molecule has 0 saturated carbocycles. The molecule has 0 atom stereocenters. The third kappa shape index (κ3) is 4.52. The fourth-order valence-corrected chi connectivity index (χ4v) is 4.87. The maximum absolute atomic E-state index is 11.9. The number of imidazole rings is 1. The van der Waals surface area contributed by atoms with Crippen molar-refractivity contribution >= 4 is 33.8 Å². The van der Waals surface area contributed by atoms with Gasteiger partial charge in [0.2, 0.25) is 11.8 Å². The average Bonchev–Trinajstić information content (AvgIpc) is 3.50. The number of carbonyl (C=O) groups is 1. The molecule has 198 valence electrons. The topological polar surface area (TPSA) is 126 Å². The Morgan fingerprint density at radius 3 is 2.72 bits per heavy atom. The van der Waals surface area contributed by atoms with Crippen LogP contribution in [0.5, 0.6) is 17.4 Å². The number of rotatable bonds is 6. The number of nitrogens with zero attached hydrogens (tertiary/aromatic N) is 7. The highest BCUT2D eigenvalue weighted by Gasteiger charge is 2.26. The van der Waals surface area contributed by atoms with Crippen LogP contribution in [0.1, 0.15) is 18.4 Å². The van der Waals surface area contributed by atoms with Gasteiger partial charge in [-0.05, 0) is 48.9 Å². The van der Waals surface area contributed by atoms with Gasteiger partial charge in [-0.25, -0.2) is 19.6 Å². The number of aromatic nitrogens is 6. The van der Waals surface area contributed by atoms with E-state index < -0.39 is 0 Å². The van der Waals surface area contributed by atoms with Gasteiger partial charge in [-0.2, -0.15) is 0 Å². The van der Waals surface area contributed by atoms with Crippen LogP contribution in [-0.4, -0.2) is 59.3 Å². The molecule has 2 N–H and O–H groups in total. The summed E-state index contributed by atoms with van der Waals surface area (Å²) < 4.78 is 16.1. The molecular weight excluding hydrogens is 496 g/mol. The van der Waals surface area contributed by atoms with Crippen molar-refractivity contribution in [1.82, 2.24) is 34.2 Å². The van der Waals surface area contributed by atoms with E-state index in [1.54, 1.807) is 15.9 Å². The normalized spacial score (nSPS) is 14.2. The maximum Gasteiger partial charge on any atom is 0.247 e. The van der Waals surface area contributed by atoms with Crippen LogP contribution in [-0.2, 0) is 11.8 Å². The van der Waals surface area contributed by atoms with Crippen molar-refractivity contribution in [3.8, 4) is 23.1 Å².